The van der Waals surface area contributed by atoms with Gasteiger partial charge in [0, 0.05) is 23.6 Å². The third-order valence-electron chi connectivity index (χ3n) is 3.89. The molecule has 1 aromatic carbocycles. The Hall–Kier alpha value is -1.16. The molecule has 0 saturated carbocycles. The molecule has 1 aromatic heterocycles. The van der Waals surface area contributed by atoms with Crippen molar-refractivity contribution in [2.24, 2.45) is 0 Å². The van der Waals surface area contributed by atoms with Gasteiger partial charge in [-0.15, -0.1) is 11.3 Å². The Bertz CT molecular complexity index is 543. The predicted molar refractivity (Wildman–Crippen MR) is 85.1 cm³/mol. The number of benzene rings is 1. The van der Waals surface area contributed by atoms with Gasteiger partial charge in [0.15, 0.2) is 0 Å². The molecule has 0 amide bonds. The average Bonchev–Trinajstić information content (AvgIpc) is 2.96. The molecule has 1 saturated heterocycles. The SMILES string of the molecule is CC1(NCc2cc(-c3ccccc3)cs2)CCCOC1. The Balaban J connectivity index is 1.63. The first kappa shape index (κ1) is 13.8. The summed E-state index contributed by atoms with van der Waals surface area (Å²) in [4.78, 5) is 1.38. The zero-order valence-electron chi connectivity index (χ0n) is 11.9. The lowest BCUT2D eigenvalue weighted by atomic mass is 9.95. The van der Waals surface area contributed by atoms with Crippen molar-refractivity contribution in [2.75, 3.05) is 13.2 Å². The van der Waals surface area contributed by atoms with Crippen LogP contribution in [0.1, 0.15) is 24.6 Å². The largest absolute Gasteiger partial charge is 0.380 e. The fourth-order valence-corrected chi connectivity index (χ4v) is 3.46. The summed E-state index contributed by atoms with van der Waals surface area (Å²) in [6, 6.07) is 12.9. The van der Waals surface area contributed by atoms with Crippen LogP contribution in [0.3, 0.4) is 0 Å². The summed E-state index contributed by atoms with van der Waals surface area (Å²) < 4.78 is 5.59. The van der Waals surface area contributed by atoms with E-state index in [1.807, 2.05) is 11.3 Å². The molecule has 1 unspecified atom stereocenters. The van der Waals surface area contributed by atoms with Crippen molar-refractivity contribution in [3.8, 4) is 11.1 Å². The summed E-state index contributed by atoms with van der Waals surface area (Å²) in [5.41, 5.74) is 2.74. The van der Waals surface area contributed by atoms with Crippen molar-refractivity contribution in [1.29, 1.82) is 0 Å². The van der Waals surface area contributed by atoms with Crippen LogP contribution in [0.2, 0.25) is 0 Å². The molecule has 1 aliphatic rings. The van der Waals surface area contributed by atoms with E-state index in [2.05, 4.69) is 54.0 Å². The minimum Gasteiger partial charge on any atom is -0.380 e. The van der Waals surface area contributed by atoms with Gasteiger partial charge in [0.25, 0.3) is 0 Å². The number of hydrogen-bond donors (Lipinski definition) is 1. The lowest BCUT2D eigenvalue weighted by Gasteiger charge is -2.34. The first-order valence-corrected chi connectivity index (χ1v) is 8.09. The molecule has 2 heterocycles. The quantitative estimate of drug-likeness (QED) is 0.915. The lowest BCUT2D eigenvalue weighted by Crippen LogP contribution is -2.48. The number of thiophene rings is 1. The van der Waals surface area contributed by atoms with Gasteiger partial charge in [0.2, 0.25) is 0 Å². The van der Waals surface area contributed by atoms with Crippen LogP contribution in [0, 0.1) is 0 Å². The Kier molecular flexibility index (Phi) is 4.20. The van der Waals surface area contributed by atoms with Crippen LogP contribution in [-0.2, 0) is 11.3 Å². The van der Waals surface area contributed by atoms with Crippen LogP contribution in [-0.4, -0.2) is 18.8 Å². The number of hydrogen-bond acceptors (Lipinski definition) is 3. The Morgan fingerprint density at radius 1 is 1.25 bits per heavy atom. The summed E-state index contributed by atoms with van der Waals surface area (Å²) in [5, 5.41) is 5.91. The number of ether oxygens (including phenoxy) is 1. The van der Waals surface area contributed by atoms with Crippen molar-refractivity contribution in [1.82, 2.24) is 5.32 Å². The third-order valence-corrected chi connectivity index (χ3v) is 4.82. The summed E-state index contributed by atoms with van der Waals surface area (Å²) in [5.74, 6) is 0. The van der Waals surface area contributed by atoms with Crippen molar-refractivity contribution in [3.63, 3.8) is 0 Å². The first-order chi connectivity index (χ1) is 9.75. The standard InChI is InChI=1S/C17H21NOS/c1-17(8-5-9-19-13-17)18-11-16-10-15(12-20-16)14-6-3-2-4-7-14/h2-4,6-7,10,12,18H,5,8-9,11,13H2,1H3. The number of nitrogens with one attached hydrogen (secondary N) is 1. The third kappa shape index (κ3) is 3.29. The predicted octanol–water partition coefficient (Wildman–Crippen LogP) is 4.07. The Morgan fingerprint density at radius 2 is 2.10 bits per heavy atom. The van der Waals surface area contributed by atoms with Crippen molar-refractivity contribution in [2.45, 2.75) is 31.8 Å². The molecule has 1 aliphatic heterocycles. The van der Waals surface area contributed by atoms with E-state index in [0.717, 1.165) is 26.2 Å². The van der Waals surface area contributed by atoms with Crippen LogP contribution in [0.15, 0.2) is 41.8 Å². The summed E-state index contributed by atoms with van der Waals surface area (Å²) in [6.45, 7) is 4.92. The molecule has 20 heavy (non-hydrogen) atoms. The fourth-order valence-electron chi connectivity index (χ4n) is 2.63. The van der Waals surface area contributed by atoms with Gasteiger partial charge in [-0.3, -0.25) is 0 Å². The molecule has 0 bridgehead atoms. The topological polar surface area (TPSA) is 21.3 Å². The van der Waals surface area contributed by atoms with E-state index >= 15 is 0 Å². The van der Waals surface area contributed by atoms with Gasteiger partial charge >= 0.3 is 0 Å². The van der Waals surface area contributed by atoms with Crippen LogP contribution in [0.25, 0.3) is 11.1 Å². The highest BCUT2D eigenvalue weighted by molar-refractivity contribution is 7.10. The van der Waals surface area contributed by atoms with Gasteiger partial charge in [-0.05, 0) is 42.3 Å². The van der Waals surface area contributed by atoms with Gasteiger partial charge in [-0.1, -0.05) is 30.3 Å². The minimum absolute atomic E-state index is 0.134. The molecule has 3 rings (SSSR count). The van der Waals surface area contributed by atoms with E-state index in [-0.39, 0.29) is 5.54 Å². The molecule has 0 aliphatic carbocycles. The Labute approximate surface area is 124 Å². The maximum Gasteiger partial charge on any atom is 0.0645 e. The van der Waals surface area contributed by atoms with E-state index < -0.39 is 0 Å². The van der Waals surface area contributed by atoms with Gasteiger partial charge < -0.3 is 10.1 Å². The van der Waals surface area contributed by atoms with Crippen LogP contribution in [0.4, 0.5) is 0 Å². The molecule has 0 radical (unpaired) electrons. The second kappa shape index (κ2) is 6.08. The summed E-state index contributed by atoms with van der Waals surface area (Å²) in [7, 11) is 0. The molecule has 0 spiro atoms. The molecule has 1 fully saturated rings. The van der Waals surface area contributed by atoms with E-state index in [1.54, 1.807) is 0 Å². The van der Waals surface area contributed by atoms with Crippen molar-refractivity contribution in [3.05, 3.63) is 46.7 Å². The van der Waals surface area contributed by atoms with E-state index in [9.17, 15) is 0 Å². The normalized spacial score (nSPS) is 22.9. The van der Waals surface area contributed by atoms with Crippen LogP contribution < -0.4 is 5.32 Å². The maximum absolute atomic E-state index is 5.59. The number of rotatable bonds is 4. The van der Waals surface area contributed by atoms with Crippen LogP contribution >= 0.6 is 11.3 Å². The molecule has 3 heteroatoms. The molecule has 1 atom stereocenters. The highest BCUT2D eigenvalue weighted by atomic mass is 32.1. The molecule has 2 nitrogen and oxygen atoms in total. The van der Waals surface area contributed by atoms with Gasteiger partial charge in [0.1, 0.15) is 0 Å². The smallest absolute Gasteiger partial charge is 0.0645 e. The lowest BCUT2D eigenvalue weighted by molar-refractivity contribution is 0.0279. The van der Waals surface area contributed by atoms with Crippen molar-refractivity contribution >= 4 is 11.3 Å². The second-order valence-corrected chi connectivity index (χ2v) is 6.73. The summed E-state index contributed by atoms with van der Waals surface area (Å²) in [6.07, 6.45) is 2.35. The minimum atomic E-state index is 0.134. The monoisotopic (exact) mass is 287 g/mol. The molecular formula is C17H21NOS. The molecule has 106 valence electrons. The first-order valence-electron chi connectivity index (χ1n) is 7.21. The van der Waals surface area contributed by atoms with Crippen molar-refractivity contribution < 1.29 is 4.74 Å². The fraction of sp³-hybridized carbons (Fsp3) is 0.412. The van der Waals surface area contributed by atoms with Crippen LogP contribution in [0.5, 0.6) is 0 Å². The molecular weight excluding hydrogens is 266 g/mol. The molecule has 2 aromatic rings. The van der Waals surface area contributed by atoms with E-state index in [1.165, 1.54) is 22.4 Å². The van der Waals surface area contributed by atoms with E-state index in [0.29, 0.717) is 0 Å². The maximum atomic E-state index is 5.59. The highest BCUT2D eigenvalue weighted by Gasteiger charge is 2.26. The highest BCUT2D eigenvalue weighted by Crippen LogP contribution is 2.26. The summed E-state index contributed by atoms with van der Waals surface area (Å²) >= 11 is 1.83. The van der Waals surface area contributed by atoms with Gasteiger partial charge in [-0.25, -0.2) is 0 Å². The second-order valence-electron chi connectivity index (χ2n) is 5.74. The molecule has 1 N–H and O–H groups in total. The Morgan fingerprint density at radius 3 is 2.85 bits per heavy atom. The average molecular weight is 287 g/mol. The zero-order chi connectivity index (χ0) is 13.8. The van der Waals surface area contributed by atoms with Gasteiger partial charge in [0.05, 0.1) is 6.61 Å². The van der Waals surface area contributed by atoms with E-state index in [4.69, 9.17) is 4.74 Å². The zero-order valence-corrected chi connectivity index (χ0v) is 12.7. The van der Waals surface area contributed by atoms with Gasteiger partial charge in [-0.2, -0.15) is 0 Å².